The average molecular weight is 554 g/mol. The maximum atomic E-state index is 13.4. The van der Waals surface area contributed by atoms with E-state index in [0.717, 1.165) is 21.2 Å². The van der Waals surface area contributed by atoms with Crippen molar-refractivity contribution in [2.45, 2.75) is 37.7 Å². The fourth-order valence-electron chi connectivity index (χ4n) is 3.84. The second kappa shape index (κ2) is 12.8. The zero-order chi connectivity index (χ0) is 27.9. The zero-order valence-corrected chi connectivity index (χ0v) is 20.9. The van der Waals surface area contributed by atoms with Gasteiger partial charge < -0.3 is 20.2 Å². The van der Waals surface area contributed by atoms with Crippen molar-refractivity contribution in [1.29, 1.82) is 0 Å². The van der Waals surface area contributed by atoms with E-state index in [4.69, 9.17) is 10.2 Å². The van der Waals surface area contributed by atoms with Crippen LogP contribution in [0.2, 0.25) is 0 Å². The average Bonchev–Trinajstić information content (AvgIpc) is 3.19. The van der Waals surface area contributed by atoms with E-state index in [1.54, 1.807) is 54.6 Å². The molecule has 0 radical (unpaired) electrons. The van der Waals surface area contributed by atoms with E-state index in [-0.39, 0.29) is 30.7 Å². The molecule has 0 aliphatic heterocycles. The Bertz CT molecular complexity index is 1330. The molecular weight excluding hydrogens is 527 g/mol. The molecule has 2 amide bonds. The van der Waals surface area contributed by atoms with Crippen molar-refractivity contribution in [3.05, 3.63) is 70.7 Å². The van der Waals surface area contributed by atoms with Crippen molar-refractivity contribution in [1.82, 2.24) is 9.47 Å². The number of ketones is 1. The topological polar surface area (TPSA) is 136 Å². The molecule has 9 nitrogen and oxygen atoms in total. The first-order chi connectivity index (χ1) is 18.0. The number of amides is 2. The Hall–Kier alpha value is -3.58. The summed E-state index contributed by atoms with van der Waals surface area (Å²) in [5, 5.41) is 10.8. The highest BCUT2D eigenvalue weighted by atomic mass is 32.2. The molecule has 2 atom stereocenters. The van der Waals surface area contributed by atoms with Gasteiger partial charge in [-0.1, -0.05) is 42.5 Å². The number of oxazole rings is 1. The van der Waals surface area contributed by atoms with Crippen LogP contribution in [0.15, 0.2) is 63.8 Å². The monoisotopic (exact) mass is 553 g/mol. The lowest BCUT2D eigenvalue weighted by Crippen LogP contribution is -2.51. The Morgan fingerprint density at radius 2 is 1.74 bits per heavy atom. The molecule has 1 unspecified atom stereocenters. The van der Waals surface area contributed by atoms with Gasteiger partial charge in [0.15, 0.2) is 5.58 Å². The number of aliphatic hydroxyl groups excluding tert-OH is 1. The number of alkyl halides is 3. The van der Waals surface area contributed by atoms with E-state index >= 15 is 0 Å². The van der Waals surface area contributed by atoms with Gasteiger partial charge in [0.1, 0.15) is 12.6 Å². The minimum atomic E-state index is -4.92. The van der Waals surface area contributed by atoms with Crippen LogP contribution in [-0.4, -0.2) is 62.4 Å². The number of aliphatic hydroxyl groups is 1. The summed E-state index contributed by atoms with van der Waals surface area (Å²) >= 11 is 0.748. The van der Waals surface area contributed by atoms with Gasteiger partial charge in [0.2, 0.25) is 17.6 Å². The van der Waals surface area contributed by atoms with Crippen LogP contribution in [0.4, 0.5) is 13.2 Å². The highest BCUT2D eigenvalue weighted by Gasteiger charge is 2.37. The first-order valence-electron chi connectivity index (χ1n) is 11.6. The Kier molecular flexibility index (Phi) is 9.75. The molecule has 3 N–H and O–H groups in total. The summed E-state index contributed by atoms with van der Waals surface area (Å²) in [5.74, 6) is -4.91. The number of carbonyl (C=O) groups excluding carboxylic acids is 3. The summed E-state index contributed by atoms with van der Waals surface area (Å²) in [7, 11) is 0. The number of halogens is 3. The van der Waals surface area contributed by atoms with Crippen LogP contribution in [0.3, 0.4) is 0 Å². The minimum Gasteiger partial charge on any atom is -0.408 e. The summed E-state index contributed by atoms with van der Waals surface area (Å²) in [6.07, 6.45) is -5.99. The molecule has 3 aromatic rings. The molecule has 0 saturated carbocycles. The lowest BCUT2D eigenvalue weighted by atomic mass is 10.1. The van der Waals surface area contributed by atoms with Crippen LogP contribution in [0.1, 0.15) is 24.5 Å². The predicted octanol–water partition coefficient (Wildman–Crippen LogP) is 2.66. The number of hydrogen-bond acceptors (Lipinski definition) is 7. The zero-order valence-electron chi connectivity index (χ0n) is 20.1. The van der Waals surface area contributed by atoms with Crippen molar-refractivity contribution >= 4 is 40.5 Å². The number of primary amides is 1. The maximum Gasteiger partial charge on any atom is 0.450 e. The molecule has 0 bridgehead atoms. The first-order valence-corrected chi connectivity index (χ1v) is 12.7. The van der Waals surface area contributed by atoms with Gasteiger partial charge in [-0.15, -0.1) is 0 Å². The second-order valence-corrected chi connectivity index (χ2v) is 9.53. The minimum absolute atomic E-state index is 0.0309. The Labute approximate surface area is 219 Å². The van der Waals surface area contributed by atoms with Crippen molar-refractivity contribution in [3.8, 4) is 0 Å². The largest absolute Gasteiger partial charge is 0.450 e. The third kappa shape index (κ3) is 7.48. The summed E-state index contributed by atoms with van der Waals surface area (Å²) in [5.41, 5.74) is 6.68. The fourth-order valence-corrected chi connectivity index (χ4v) is 4.70. The number of hydrogen-bond donors (Lipinski definition) is 2. The van der Waals surface area contributed by atoms with E-state index in [1.807, 2.05) is 0 Å². The number of rotatable bonds is 13. The third-order valence-corrected chi connectivity index (χ3v) is 6.81. The molecule has 0 fully saturated rings. The molecule has 38 heavy (non-hydrogen) atoms. The van der Waals surface area contributed by atoms with Gasteiger partial charge in [-0.25, -0.2) is 4.79 Å². The first kappa shape index (κ1) is 29.0. The van der Waals surface area contributed by atoms with E-state index in [1.165, 1.54) is 0 Å². The SMILES string of the molecule is NC(=O)[C@H](CCCSCC(=O)C(F)(F)F)N(CC(O)c1ccccc1)C(=O)Cn1c(=O)oc2ccccc21. The van der Waals surface area contributed by atoms with Crippen LogP contribution in [-0.2, 0) is 20.9 Å². The van der Waals surface area contributed by atoms with Crippen molar-refractivity contribution in [2.75, 3.05) is 18.1 Å². The summed E-state index contributed by atoms with van der Waals surface area (Å²) in [6.45, 7) is -0.837. The summed E-state index contributed by atoms with van der Waals surface area (Å²) in [4.78, 5) is 50.4. The van der Waals surface area contributed by atoms with Gasteiger partial charge in [-0.2, -0.15) is 24.9 Å². The predicted molar refractivity (Wildman–Crippen MR) is 134 cm³/mol. The number of aromatic nitrogens is 1. The smallest absolute Gasteiger partial charge is 0.408 e. The molecule has 13 heteroatoms. The van der Waals surface area contributed by atoms with Crippen molar-refractivity contribution in [2.24, 2.45) is 5.73 Å². The number of para-hydroxylation sites is 2. The molecule has 0 aliphatic rings. The van der Waals surface area contributed by atoms with Crippen molar-refractivity contribution in [3.63, 3.8) is 0 Å². The standard InChI is InChI=1S/C25H26F3N3O6S/c26-25(27,28)21(33)15-38-12-6-10-18(23(29)35)30(13-19(32)16-7-2-1-3-8-16)22(34)14-31-17-9-4-5-11-20(17)37-24(31)36/h1-5,7-9,11,18-19,32H,6,10,12-15H2,(H2,29,35)/t18-,19?/m0/s1. The van der Waals surface area contributed by atoms with E-state index in [9.17, 15) is 37.5 Å². The van der Waals surface area contributed by atoms with Crippen molar-refractivity contribution < 1.29 is 37.1 Å². The number of thioether (sulfide) groups is 1. The van der Waals surface area contributed by atoms with Gasteiger partial charge in [-0.05, 0) is 36.3 Å². The molecule has 204 valence electrons. The number of Topliss-reactive ketones (excluding diaryl/α,β-unsaturated/α-hetero) is 1. The van der Waals surface area contributed by atoms with Gasteiger partial charge in [0, 0.05) is 0 Å². The Morgan fingerprint density at radius 3 is 2.39 bits per heavy atom. The number of nitrogens with zero attached hydrogens (tertiary/aromatic N) is 2. The molecule has 0 spiro atoms. The summed E-state index contributed by atoms with van der Waals surface area (Å²) < 4.78 is 43.5. The van der Waals surface area contributed by atoms with Gasteiger partial charge in [-0.3, -0.25) is 19.0 Å². The second-order valence-electron chi connectivity index (χ2n) is 8.43. The normalized spacial score (nSPS) is 13.3. The molecule has 0 saturated heterocycles. The number of benzene rings is 2. The summed E-state index contributed by atoms with van der Waals surface area (Å²) in [6, 6.07) is 13.6. The van der Waals surface area contributed by atoms with Gasteiger partial charge >= 0.3 is 11.9 Å². The molecular formula is C25H26F3N3O6S. The number of nitrogens with two attached hydrogens (primary N) is 1. The van der Waals surface area contributed by atoms with Crippen LogP contribution in [0.5, 0.6) is 0 Å². The quantitative estimate of drug-likeness (QED) is 0.311. The van der Waals surface area contributed by atoms with Gasteiger partial charge in [0.25, 0.3) is 0 Å². The van der Waals surface area contributed by atoms with Gasteiger partial charge in [0.05, 0.1) is 23.9 Å². The Morgan fingerprint density at radius 1 is 1.08 bits per heavy atom. The number of fused-ring (bicyclic) bond motifs is 1. The highest BCUT2D eigenvalue weighted by Crippen LogP contribution is 2.22. The third-order valence-electron chi connectivity index (χ3n) is 5.76. The lowest BCUT2D eigenvalue weighted by molar-refractivity contribution is -0.167. The fraction of sp³-hybridized carbons (Fsp3) is 0.360. The van der Waals surface area contributed by atoms with Crippen LogP contribution in [0.25, 0.3) is 11.1 Å². The van der Waals surface area contributed by atoms with E-state index in [0.29, 0.717) is 11.1 Å². The van der Waals surface area contributed by atoms with Crippen LogP contribution >= 0.6 is 11.8 Å². The molecule has 0 aliphatic carbocycles. The Balaban J connectivity index is 1.79. The molecule has 3 rings (SSSR count). The molecule has 1 aromatic heterocycles. The van der Waals surface area contributed by atoms with E-state index < -0.39 is 54.0 Å². The maximum absolute atomic E-state index is 13.4. The molecule has 2 aromatic carbocycles. The number of carbonyl (C=O) groups is 3. The van der Waals surface area contributed by atoms with Crippen LogP contribution in [0, 0.1) is 0 Å². The van der Waals surface area contributed by atoms with E-state index in [2.05, 4.69) is 0 Å². The molecule has 1 heterocycles. The van der Waals surface area contributed by atoms with Crippen LogP contribution < -0.4 is 11.5 Å². The lowest BCUT2D eigenvalue weighted by Gasteiger charge is -2.32. The highest BCUT2D eigenvalue weighted by molar-refractivity contribution is 7.99.